The number of hydrazone groups is 1. The number of hydrogen-bond donors (Lipinski definition) is 1. The monoisotopic (exact) mass is 488 g/mol. The van der Waals surface area contributed by atoms with Crippen LogP contribution in [0.3, 0.4) is 0 Å². The van der Waals surface area contributed by atoms with Crippen molar-refractivity contribution in [3.63, 3.8) is 0 Å². The zero-order valence-electron chi connectivity index (χ0n) is 18.3. The van der Waals surface area contributed by atoms with Crippen molar-refractivity contribution in [3.05, 3.63) is 88.1 Å². The Balaban J connectivity index is 1.35. The average Bonchev–Trinajstić information content (AvgIpc) is 3.62. The third-order valence-electron chi connectivity index (χ3n) is 5.18. The smallest absolute Gasteiger partial charge is 0.340 e. The molecule has 0 atom stereocenters. The zero-order chi connectivity index (χ0) is 24.4. The Hall–Kier alpha value is -4.57. The molecular formula is C24H17ClN6O4. The first kappa shape index (κ1) is 22.2. The zero-order valence-corrected chi connectivity index (χ0v) is 19.1. The van der Waals surface area contributed by atoms with Crippen LogP contribution < -0.4 is 5.01 Å². The number of nitrogens with zero attached hydrogens (tertiary/aromatic N) is 5. The van der Waals surface area contributed by atoms with Gasteiger partial charge in [0.1, 0.15) is 18.1 Å². The number of esters is 1. The molecule has 174 valence electrons. The predicted octanol–water partition coefficient (Wildman–Crippen LogP) is 4.28. The molecule has 3 heterocycles. The molecule has 1 amide bonds. The fourth-order valence-corrected chi connectivity index (χ4v) is 3.62. The molecule has 0 fully saturated rings. The molecule has 35 heavy (non-hydrogen) atoms. The second-order valence-electron chi connectivity index (χ2n) is 7.53. The van der Waals surface area contributed by atoms with Crippen molar-refractivity contribution >= 4 is 41.2 Å². The summed E-state index contributed by atoms with van der Waals surface area (Å²) < 4.78 is 11.3. The standard InChI is InChI=1S/C24H17ClN6O4/c1-14-18(22(32)31(28-14)24-26-29-30-27-24)12-17-8-10-21(35-17)16-7-9-20(25)19(11-16)23(33)34-13-15-5-3-2-4-6-15/h2-12H,13H2,1H3,(H,26,27,29,30)/b18-12-. The first-order chi connectivity index (χ1) is 17.0. The van der Waals surface area contributed by atoms with E-state index in [0.29, 0.717) is 28.4 Å². The highest BCUT2D eigenvalue weighted by Gasteiger charge is 2.31. The minimum absolute atomic E-state index is 0.0470. The lowest BCUT2D eigenvalue weighted by atomic mass is 10.1. The third-order valence-corrected chi connectivity index (χ3v) is 5.51. The van der Waals surface area contributed by atoms with Gasteiger partial charge in [0, 0.05) is 5.56 Å². The van der Waals surface area contributed by atoms with Gasteiger partial charge in [0.25, 0.3) is 11.9 Å². The van der Waals surface area contributed by atoms with Crippen molar-refractivity contribution in [2.75, 3.05) is 5.01 Å². The molecule has 2 aromatic carbocycles. The van der Waals surface area contributed by atoms with Crippen LogP contribution in [0.1, 0.15) is 28.6 Å². The van der Waals surface area contributed by atoms with Crippen LogP contribution >= 0.6 is 11.6 Å². The number of furan rings is 1. The molecule has 1 aliphatic rings. The summed E-state index contributed by atoms with van der Waals surface area (Å²) in [5, 5.41) is 18.8. The van der Waals surface area contributed by atoms with Crippen molar-refractivity contribution in [3.8, 4) is 11.3 Å². The van der Waals surface area contributed by atoms with Gasteiger partial charge in [-0.2, -0.15) is 15.3 Å². The van der Waals surface area contributed by atoms with E-state index >= 15 is 0 Å². The van der Waals surface area contributed by atoms with Gasteiger partial charge < -0.3 is 9.15 Å². The van der Waals surface area contributed by atoms with E-state index in [1.165, 1.54) is 0 Å². The number of amides is 1. The average molecular weight is 489 g/mol. The van der Waals surface area contributed by atoms with Crippen LogP contribution in [0.25, 0.3) is 17.4 Å². The molecule has 0 aliphatic carbocycles. The summed E-state index contributed by atoms with van der Waals surface area (Å²) in [5.74, 6) is 0.0127. The molecule has 0 spiro atoms. The van der Waals surface area contributed by atoms with Crippen LogP contribution in [0.15, 0.2) is 75.8 Å². The van der Waals surface area contributed by atoms with Crippen molar-refractivity contribution < 1.29 is 18.7 Å². The van der Waals surface area contributed by atoms with Crippen LogP contribution in [-0.4, -0.2) is 38.2 Å². The summed E-state index contributed by atoms with van der Waals surface area (Å²) in [7, 11) is 0. The van der Waals surface area contributed by atoms with Crippen LogP contribution in [0.5, 0.6) is 0 Å². The Bertz CT molecular complexity index is 1460. The minimum Gasteiger partial charge on any atom is -0.457 e. The first-order valence-corrected chi connectivity index (χ1v) is 10.8. The number of aromatic nitrogens is 4. The van der Waals surface area contributed by atoms with E-state index in [-0.39, 0.29) is 23.1 Å². The van der Waals surface area contributed by atoms with Gasteiger partial charge in [-0.1, -0.05) is 47.0 Å². The molecule has 11 heteroatoms. The number of anilines is 1. The van der Waals surface area contributed by atoms with Crippen molar-refractivity contribution in [1.82, 2.24) is 20.6 Å². The molecule has 4 aromatic rings. The summed E-state index contributed by atoms with van der Waals surface area (Å²) in [6.07, 6.45) is 1.58. The van der Waals surface area contributed by atoms with E-state index in [1.807, 2.05) is 30.3 Å². The molecule has 2 aromatic heterocycles. The number of rotatable bonds is 6. The highest BCUT2D eigenvalue weighted by atomic mass is 35.5. The maximum atomic E-state index is 12.7. The number of benzene rings is 2. The fraction of sp³-hybridized carbons (Fsp3) is 0.0833. The van der Waals surface area contributed by atoms with Gasteiger partial charge in [0.15, 0.2) is 0 Å². The first-order valence-electron chi connectivity index (χ1n) is 10.5. The van der Waals surface area contributed by atoms with E-state index in [2.05, 4.69) is 25.7 Å². The molecule has 5 rings (SSSR count). The second-order valence-corrected chi connectivity index (χ2v) is 7.94. The fourth-order valence-electron chi connectivity index (χ4n) is 3.43. The number of tetrazole rings is 1. The lowest BCUT2D eigenvalue weighted by Crippen LogP contribution is -2.22. The van der Waals surface area contributed by atoms with E-state index in [1.54, 1.807) is 43.3 Å². The molecular weight excluding hydrogens is 472 g/mol. The Morgan fingerprint density at radius 2 is 2.00 bits per heavy atom. The molecule has 1 aliphatic heterocycles. The summed E-state index contributed by atoms with van der Waals surface area (Å²) in [5.41, 5.74) is 2.53. The van der Waals surface area contributed by atoms with Gasteiger partial charge in [-0.25, -0.2) is 4.79 Å². The normalized spacial score (nSPS) is 14.5. The number of carbonyl (C=O) groups excluding carboxylic acids is 2. The van der Waals surface area contributed by atoms with Gasteiger partial charge in [-0.15, -0.1) is 5.10 Å². The minimum atomic E-state index is -0.542. The molecule has 0 bridgehead atoms. The van der Waals surface area contributed by atoms with E-state index in [0.717, 1.165) is 10.6 Å². The van der Waals surface area contributed by atoms with Crippen LogP contribution in [0.2, 0.25) is 5.02 Å². The third kappa shape index (κ3) is 4.59. The number of carbonyl (C=O) groups is 2. The summed E-state index contributed by atoms with van der Waals surface area (Å²) in [6, 6.07) is 17.8. The molecule has 0 saturated heterocycles. The summed E-state index contributed by atoms with van der Waals surface area (Å²) >= 11 is 6.25. The Morgan fingerprint density at radius 1 is 1.17 bits per heavy atom. The highest BCUT2D eigenvalue weighted by Crippen LogP contribution is 2.29. The number of hydrogen-bond acceptors (Lipinski definition) is 8. The second kappa shape index (κ2) is 9.35. The molecule has 0 radical (unpaired) electrons. The molecule has 0 saturated carbocycles. The van der Waals surface area contributed by atoms with Crippen LogP contribution in [0, 0.1) is 0 Å². The van der Waals surface area contributed by atoms with Crippen molar-refractivity contribution in [2.24, 2.45) is 5.10 Å². The topological polar surface area (TPSA) is 127 Å². The quantitative estimate of drug-likeness (QED) is 0.317. The highest BCUT2D eigenvalue weighted by molar-refractivity contribution is 6.33. The summed E-state index contributed by atoms with van der Waals surface area (Å²) in [4.78, 5) is 25.4. The van der Waals surface area contributed by atoms with E-state index < -0.39 is 11.9 Å². The maximum Gasteiger partial charge on any atom is 0.340 e. The summed E-state index contributed by atoms with van der Waals surface area (Å²) in [6.45, 7) is 1.83. The van der Waals surface area contributed by atoms with E-state index in [9.17, 15) is 9.59 Å². The van der Waals surface area contributed by atoms with Crippen molar-refractivity contribution in [1.29, 1.82) is 0 Å². The predicted molar refractivity (Wildman–Crippen MR) is 127 cm³/mol. The number of halogens is 1. The van der Waals surface area contributed by atoms with Gasteiger partial charge in [0.05, 0.1) is 21.9 Å². The number of nitrogens with one attached hydrogen (secondary N) is 1. The van der Waals surface area contributed by atoms with Crippen LogP contribution in [0.4, 0.5) is 5.95 Å². The molecule has 0 unspecified atom stereocenters. The maximum absolute atomic E-state index is 12.7. The number of ether oxygens (including phenoxy) is 1. The van der Waals surface area contributed by atoms with Gasteiger partial charge in [-0.3, -0.25) is 4.79 Å². The molecule has 10 nitrogen and oxygen atoms in total. The Labute approximate surface area is 203 Å². The number of aromatic amines is 1. The van der Waals surface area contributed by atoms with Gasteiger partial charge in [-0.05, 0) is 54.1 Å². The van der Waals surface area contributed by atoms with Gasteiger partial charge in [0.2, 0.25) is 0 Å². The Kier molecular flexibility index (Phi) is 5.94. The lowest BCUT2D eigenvalue weighted by molar-refractivity contribution is -0.114. The lowest BCUT2D eigenvalue weighted by Gasteiger charge is -2.08. The largest absolute Gasteiger partial charge is 0.457 e. The van der Waals surface area contributed by atoms with Crippen LogP contribution in [-0.2, 0) is 16.1 Å². The number of H-pyrrole nitrogens is 1. The van der Waals surface area contributed by atoms with Gasteiger partial charge >= 0.3 is 5.97 Å². The SMILES string of the molecule is CC1=NN(c2nn[nH]n2)C(=O)/C1=C\c1ccc(-c2ccc(Cl)c(C(=O)OCc3ccccc3)c2)o1. The van der Waals surface area contributed by atoms with E-state index in [4.69, 9.17) is 20.8 Å². The Morgan fingerprint density at radius 3 is 2.77 bits per heavy atom. The molecule has 1 N–H and O–H groups in total. The van der Waals surface area contributed by atoms with Crippen molar-refractivity contribution in [2.45, 2.75) is 13.5 Å².